The summed E-state index contributed by atoms with van der Waals surface area (Å²) in [5.41, 5.74) is 0. The summed E-state index contributed by atoms with van der Waals surface area (Å²) in [6, 6.07) is 27.3. The van der Waals surface area contributed by atoms with Crippen LogP contribution in [0.2, 0.25) is 0 Å². The van der Waals surface area contributed by atoms with Crippen molar-refractivity contribution < 1.29 is 9.47 Å². The second-order valence-corrected chi connectivity index (χ2v) is 6.98. The van der Waals surface area contributed by atoms with Gasteiger partial charge in [-0.05, 0) is 36.4 Å². The highest BCUT2D eigenvalue weighted by atomic mass is 32.2. The normalized spacial score (nSPS) is 10.6. The van der Waals surface area contributed by atoms with Crippen LogP contribution in [0.25, 0.3) is 0 Å². The monoisotopic (exact) mass is 323 g/mol. The lowest BCUT2D eigenvalue weighted by molar-refractivity contribution is 0.354. The lowest BCUT2D eigenvalue weighted by atomic mass is 10.3. The Kier molecular flexibility index (Phi) is 4.89. The molecule has 0 N–H and O–H groups in total. The number of ether oxygens (including phenoxy) is 2. The molecule has 0 aliphatic rings. The van der Waals surface area contributed by atoms with E-state index in [1.165, 1.54) is 14.7 Å². The average Bonchev–Trinajstić information content (AvgIpc) is 2.63. The Bertz CT molecular complexity index is 718. The second-order valence-electron chi connectivity index (χ2n) is 4.95. The Morgan fingerprint density at radius 3 is 1.57 bits per heavy atom. The molecule has 0 unspecified atom stereocenters. The van der Waals surface area contributed by atoms with E-state index in [-0.39, 0.29) is 10.9 Å². The minimum Gasteiger partial charge on any atom is -0.493 e. The first kappa shape index (κ1) is 15.5. The maximum atomic E-state index is 5.48. The topological polar surface area (TPSA) is 18.5 Å². The largest absolute Gasteiger partial charge is 0.493 e. The first-order chi connectivity index (χ1) is 11.3. The zero-order chi connectivity index (χ0) is 16.1. The second kappa shape index (κ2) is 7.25. The van der Waals surface area contributed by atoms with Gasteiger partial charge >= 0.3 is 0 Å². The van der Waals surface area contributed by atoms with Crippen molar-refractivity contribution in [1.29, 1.82) is 0 Å². The number of hydrogen-bond acceptors (Lipinski definition) is 2. The third-order valence-electron chi connectivity index (χ3n) is 3.55. The van der Waals surface area contributed by atoms with Gasteiger partial charge in [-0.2, -0.15) is 0 Å². The zero-order valence-electron chi connectivity index (χ0n) is 13.2. The number of methoxy groups -OCH3 is 2. The molecule has 0 saturated carbocycles. The van der Waals surface area contributed by atoms with E-state index in [4.69, 9.17) is 9.47 Å². The van der Waals surface area contributed by atoms with Crippen LogP contribution in [0.3, 0.4) is 0 Å². The van der Waals surface area contributed by atoms with Crippen molar-refractivity contribution >= 4 is 10.9 Å². The van der Waals surface area contributed by atoms with Crippen LogP contribution in [0, 0.1) is 0 Å². The molecule has 3 aromatic rings. The van der Waals surface area contributed by atoms with Gasteiger partial charge in [0.2, 0.25) is 0 Å². The Morgan fingerprint density at radius 2 is 1.09 bits per heavy atom. The number of rotatable bonds is 5. The van der Waals surface area contributed by atoms with Crippen molar-refractivity contribution in [2.75, 3.05) is 14.2 Å². The molecule has 0 aliphatic carbocycles. The molecule has 3 aromatic carbocycles. The summed E-state index contributed by atoms with van der Waals surface area (Å²) >= 11 is 0. The number of benzene rings is 3. The fourth-order valence-electron chi connectivity index (χ4n) is 2.46. The van der Waals surface area contributed by atoms with Gasteiger partial charge in [0.25, 0.3) is 0 Å². The van der Waals surface area contributed by atoms with Gasteiger partial charge in [0.05, 0.1) is 25.1 Å². The molecular formula is C20H19O2S+. The summed E-state index contributed by atoms with van der Waals surface area (Å²) in [5, 5.41) is 0. The van der Waals surface area contributed by atoms with E-state index >= 15 is 0 Å². The van der Waals surface area contributed by atoms with Crippen molar-refractivity contribution in [2.45, 2.75) is 14.7 Å². The summed E-state index contributed by atoms with van der Waals surface area (Å²) in [4.78, 5) is 3.77. The van der Waals surface area contributed by atoms with Crippen molar-refractivity contribution in [1.82, 2.24) is 0 Å². The zero-order valence-corrected chi connectivity index (χ0v) is 14.0. The van der Waals surface area contributed by atoms with Crippen molar-refractivity contribution in [3.8, 4) is 11.5 Å². The third kappa shape index (κ3) is 3.35. The lowest BCUT2D eigenvalue weighted by Crippen LogP contribution is -2.05. The van der Waals surface area contributed by atoms with Gasteiger partial charge in [0, 0.05) is 6.07 Å². The van der Waals surface area contributed by atoms with Crippen molar-refractivity contribution in [3.63, 3.8) is 0 Å². The van der Waals surface area contributed by atoms with Crippen LogP contribution in [0.1, 0.15) is 0 Å². The van der Waals surface area contributed by atoms with Gasteiger partial charge in [-0.3, -0.25) is 0 Å². The first-order valence-electron chi connectivity index (χ1n) is 7.40. The van der Waals surface area contributed by atoms with Crippen LogP contribution in [0.5, 0.6) is 11.5 Å². The molecule has 0 spiro atoms. The maximum absolute atomic E-state index is 5.48. The molecule has 0 fully saturated rings. The first-order valence-corrected chi connectivity index (χ1v) is 8.62. The van der Waals surface area contributed by atoms with E-state index in [2.05, 4.69) is 60.7 Å². The van der Waals surface area contributed by atoms with Crippen molar-refractivity contribution in [2.24, 2.45) is 0 Å². The Balaban J connectivity index is 2.13. The number of hydrogen-bond donors (Lipinski definition) is 0. The van der Waals surface area contributed by atoms with Crippen LogP contribution < -0.4 is 9.47 Å². The minimum atomic E-state index is -0.172. The minimum absolute atomic E-state index is 0.172. The van der Waals surface area contributed by atoms with Crippen LogP contribution in [-0.4, -0.2) is 14.2 Å². The highest BCUT2D eigenvalue weighted by Gasteiger charge is 2.29. The van der Waals surface area contributed by atoms with Gasteiger partial charge in [0.15, 0.2) is 26.2 Å². The molecule has 0 aromatic heterocycles. The smallest absolute Gasteiger partial charge is 0.170 e. The molecule has 116 valence electrons. The molecule has 0 saturated heterocycles. The standard InChI is InChI=1S/C20H19O2S/c1-21-19-14-13-18(15-20(19)22-2)23(16-9-5-3-6-10-16)17-11-7-4-8-12-17/h3-15H,1-2H3/q+1. The molecule has 0 heterocycles. The molecule has 0 radical (unpaired) electrons. The summed E-state index contributed by atoms with van der Waals surface area (Å²) < 4.78 is 10.8. The van der Waals surface area contributed by atoms with Crippen LogP contribution in [0.4, 0.5) is 0 Å². The van der Waals surface area contributed by atoms with E-state index in [0.717, 1.165) is 11.5 Å². The molecule has 23 heavy (non-hydrogen) atoms. The van der Waals surface area contributed by atoms with Gasteiger partial charge < -0.3 is 9.47 Å². The molecule has 0 bridgehead atoms. The van der Waals surface area contributed by atoms with Crippen LogP contribution >= 0.6 is 0 Å². The quantitative estimate of drug-likeness (QED) is 0.628. The van der Waals surface area contributed by atoms with E-state index < -0.39 is 0 Å². The van der Waals surface area contributed by atoms with E-state index in [1.54, 1.807) is 14.2 Å². The Hall–Kier alpha value is -2.39. The van der Waals surface area contributed by atoms with Gasteiger partial charge in [0.1, 0.15) is 0 Å². The van der Waals surface area contributed by atoms with Crippen LogP contribution in [0.15, 0.2) is 93.5 Å². The molecule has 0 atom stereocenters. The Labute approximate surface area is 140 Å². The fraction of sp³-hybridized carbons (Fsp3) is 0.100. The summed E-state index contributed by atoms with van der Waals surface area (Å²) in [6.07, 6.45) is 0. The third-order valence-corrected chi connectivity index (χ3v) is 5.76. The highest BCUT2D eigenvalue weighted by Crippen LogP contribution is 2.36. The van der Waals surface area contributed by atoms with Gasteiger partial charge in [-0.15, -0.1) is 0 Å². The lowest BCUT2D eigenvalue weighted by Gasteiger charge is -2.11. The van der Waals surface area contributed by atoms with E-state index in [0.29, 0.717) is 0 Å². The molecular weight excluding hydrogens is 304 g/mol. The molecule has 3 rings (SSSR count). The predicted molar refractivity (Wildman–Crippen MR) is 94.6 cm³/mol. The summed E-state index contributed by atoms with van der Waals surface area (Å²) in [7, 11) is 3.16. The summed E-state index contributed by atoms with van der Waals surface area (Å²) in [6.45, 7) is 0. The van der Waals surface area contributed by atoms with Crippen molar-refractivity contribution in [3.05, 3.63) is 78.9 Å². The molecule has 3 heteroatoms. The molecule has 2 nitrogen and oxygen atoms in total. The van der Waals surface area contributed by atoms with E-state index in [1.807, 2.05) is 18.2 Å². The molecule has 0 amide bonds. The van der Waals surface area contributed by atoms with Gasteiger partial charge in [-0.25, -0.2) is 0 Å². The fourth-order valence-corrected chi connectivity index (χ4v) is 4.57. The van der Waals surface area contributed by atoms with E-state index in [9.17, 15) is 0 Å². The maximum Gasteiger partial charge on any atom is 0.170 e. The summed E-state index contributed by atoms with van der Waals surface area (Å²) in [5.74, 6) is 1.51. The predicted octanol–water partition coefficient (Wildman–Crippen LogP) is 4.80. The highest BCUT2D eigenvalue weighted by molar-refractivity contribution is 7.97. The molecule has 0 aliphatic heterocycles. The SMILES string of the molecule is COc1ccc([S+](c2ccccc2)c2ccccc2)cc1OC. The van der Waals surface area contributed by atoms with Gasteiger partial charge in [-0.1, -0.05) is 36.4 Å². The van der Waals surface area contributed by atoms with Crippen LogP contribution in [-0.2, 0) is 10.9 Å². The average molecular weight is 323 g/mol. The Morgan fingerprint density at radius 1 is 0.565 bits per heavy atom.